The summed E-state index contributed by atoms with van der Waals surface area (Å²) in [5.41, 5.74) is 0.146. The second-order valence-electron chi connectivity index (χ2n) is 2.86. The normalized spacial score (nSPS) is 15.6. The predicted molar refractivity (Wildman–Crippen MR) is 46.1 cm³/mol. The molecule has 1 aromatic heterocycles. The van der Waals surface area contributed by atoms with Crippen molar-refractivity contribution < 1.29 is 9.59 Å². The summed E-state index contributed by atoms with van der Waals surface area (Å²) >= 11 is 0. The summed E-state index contributed by atoms with van der Waals surface area (Å²) in [6, 6.07) is 0. The lowest BCUT2D eigenvalue weighted by molar-refractivity contribution is -0.137. The SMILES string of the molecule is O=C1C=CC(=O)N1Cc1c[nH]c(=O)[nH]1. The van der Waals surface area contributed by atoms with Gasteiger partial charge in [0.25, 0.3) is 11.8 Å². The molecule has 0 radical (unpaired) electrons. The Labute approximate surface area is 78.2 Å². The number of carbonyl (C=O) groups is 2. The van der Waals surface area contributed by atoms with E-state index in [1.807, 2.05) is 0 Å². The van der Waals surface area contributed by atoms with Gasteiger partial charge in [-0.2, -0.15) is 0 Å². The van der Waals surface area contributed by atoms with Crippen molar-refractivity contribution in [1.29, 1.82) is 0 Å². The fraction of sp³-hybridized carbons (Fsp3) is 0.125. The number of aromatic amines is 2. The molecule has 14 heavy (non-hydrogen) atoms. The summed E-state index contributed by atoms with van der Waals surface area (Å²) in [5, 5.41) is 0. The van der Waals surface area contributed by atoms with Crippen LogP contribution in [0.5, 0.6) is 0 Å². The number of hydrogen-bond acceptors (Lipinski definition) is 3. The lowest BCUT2D eigenvalue weighted by Gasteiger charge is -2.11. The van der Waals surface area contributed by atoms with Crippen LogP contribution in [0.2, 0.25) is 0 Å². The number of carbonyl (C=O) groups excluding carboxylic acids is 2. The van der Waals surface area contributed by atoms with Crippen LogP contribution >= 0.6 is 0 Å². The van der Waals surface area contributed by atoms with Crippen LogP contribution < -0.4 is 5.69 Å². The molecule has 2 amide bonds. The van der Waals surface area contributed by atoms with E-state index < -0.39 is 0 Å². The molecule has 2 heterocycles. The summed E-state index contributed by atoms with van der Waals surface area (Å²) in [5.74, 6) is -0.728. The number of nitrogens with zero attached hydrogens (tertiary/aromatic N) is 1. The predicted octanol–water partition coefficient (Wildman–Crippen LogP) is -0.872. The molecule has 6 nitrogen and oxygen atoms in total. The van der Waals surface area contributed by atoms with E-state index in [1.165, 1.54) is 18.3 Å². The van der Waals surface area contributed by atoms with Gasteiger partial charge in [-0.1, -0.05) is 0 Å². The molecule has 1 aromatic rings. The standard InChI is InChI=1S/C8H7N3O3/c12-6-1-2-7(13)11(6)4-5-3-9-8(14)10-5/h1-3H,4H2,(H2,9,10,14). The fourth-order valence-electron chi connectivity index (χ4n) is 1.21. The van der Waals surface area contributed by atoms with Gasteiger partial charge >= 0.3 is 5.69 Å². The molecule has 0 saturated heterocycles. The first-order chi connectivity index (χ1) is 6.66. The molecule has 2 rings (SSSR count). The smallest absolute Gasteiger partial charge is 0.313 e. The third kappa shape index (κ3) is 1.37. The van der Waals surface area contributed by atoms with Crippen LogP contribution in [0.4, 0.5) is 0 Å². The van der Waals surface area contributed by atoms with Crippen molar-refractivity contribution in [3.8, 4) is 0 Å². The molecule has 0 fully saturated rings. The van der Waals surface area contributed by atoms with E-state index in [9.17, 15) is 14.4 Å². The zero-order valence-electron chi connectivity index (χ0n) is 7.11. The molecule has 0 bridgehead atoms. The van der Waals surface area contributed by atoms with E-state index in [0.29, 0.717) is 5.69 Å². The number of H-pyrrole nitrogens is 2. The van der Waals surface area contributed by atoms with Crippen molar-refractivity contribution in [1.82, 2.24) is 14.9 Å². The highest BCUT2D eigenvalue weighted by atomic mass is 16.2. The van der Waals surface area contributed by atoms with Gasteiger partial charge in [0.2, 0.25) is 0 Å². The monoisotopic (exact) mass is 193 g/mol. The minimum Gasteiger partial charge on any atom is -0.313 e. The van der Waals surface area contributed by atoms with Gasteiger partial charge in [-0.3, -0.25) is 14.5 Å². The van der Waals surface area contributed by atoms with E-state index in [0.717, 1.165) is 4.90 Å². The Morgan fingerprint density at radius 1 is 1.14 bits per heavy atom. The Morgan fingerprint density at radius 3 is 2.29 bits per heavy atom. The maximum atomic E-state index is 11.1. The van der Waals surface area contributed by atoms with Gasteiger partial charge in [0.15, 0.2) is 0 Å². The third-order valence-electron chi connectivity index (χ3n) is 1.88. The molecule has 0 unspecified atom stereocenters. The van der Waals surface area contributed by atoms with E-state index in [4.69, 9.17) is 0 Å². The number of amides is 2. The minimum absolute atomic E-state index is 0.0867. The van der Waals surface area contributed by atoms with Gasteiger partial charge in [-0.05, 0) is 0 Å². The maximum absolute atomic E-state index is 11.1. The quantitative estimate of drug-likeness (QED) is 0.598. The average Bonchev–Trinajstić information content (AvgIpc) is 2.67. The van der Waals surface area contributed by atoms with Gasteiger partial charge in [-0.25, -0.2) is 4.79 Å². The van der Waals surface area contributed by atoms with Crippen LogP contribution in [0.1, 0.15) is 5.69 Å². The molecule has 6 heteroatoms. The maximum Gasteiger partial charge on any atom is 0.323 e. The van der Waals surface area contributed by atoms with Crippen LogP contribution in [-0.2, 0) is 16.1 Å². The minimum atomic E-state index is -0.364. The summed E-state index contributed by atoms with van der Waals surface area (Å²) in [6.45, 7) is 0.0867. The molecule has 1 aliphatic heterocycles. The largest absolute Gasteiger partial charge is 0.323 e. The molecular weight excluding hydrogens is 186 g/mol. The number of imide groups is 1. The fourth-order valence-corrected chi connectivity index (χ4v) is 1.21. The number of nitrogens with one attached hydrogen (secondary N) is 2. The second kappa shape index (κ2) is 2.99. The van der Waals surface area contributed by atoms with Crippen LogP contribution in [-0.4, -0.2) is 26.7 Å². The first-order valence-corrected chi connectivity index (χ1v) is 3.97. The van der Waals surface area contributed by atoms with Crippen molar-refractivity contribution in [2.45, 2.75) is 6.54 Å². The number of hydrogen-bond donors (Lipinski definition) is 2. The molecule has 2 N–H and O–H groups in total. The van der Waals surface area contributed by atoms with E-state index >= 15 is 0 Å². The summed E-state index contributed by atoms with van der Waals surface area (Å²) in [6.07, 6.45) is 3.83. The van der Waals surface area contributed by atoms with Crippen LogP contribution in [0.15, 0.2) is 23.1 Å². The van der Waals surface area contributed by atoms with Gasteiger partial charge in [0.05, 0.1) is 12.2 Å². The topological polar surface area (TPSA) is 86.0 Å². The van der Waals surface area contributed by atoms with Crippen LogP contribution in [0, 0.1) is 0 Å². The molecule has 1 aliphatic rings. The summed E-state index contributed by atoms with van der Waals surface area (Å²) in [7, 11) is 0. The highest BCUT2D eigenvalue weighted by Gasteiger charge is 2.23. The first-order valence-electron chi connectivity index (χ1n) is 3.97. The van der Waals surface area contributed by atoms with E-state index in [1.54, 1.807) is 0 Å². The zero-order chi connectivity index (χ0) is 10.1. The third-order valence-corrected chi connectivity index (χ3v) is 1.88. The van der Waals surface area contributed by atoms with Crippen molar-refractivity contribution in [2.24, 2.45) is 0 Å². The zero-order valence-corrected chi connectivity index (χ0v) is 7.11. The van der Waals surface area contributed by atoms with Gasteiger partial charge in [-0.15, -0.1) is 0 Å². The van der Waals surface area contributed by atoms with Gasteiger partial charge in [0.1, 0.15) is 0 Å². The molecule has 0 aliphatic carbocycles. The Bertz CT molecular complexity index is 450. The molecule has 0 atom stereocenters. The van der Waals surface area contributed by atoms with E-state index in [-0.39, 0.29) is 24.0 Å². The molecule has 0 aromatic carbocycles. The molecule has 0 saturated carbocycles. The lowest BCUT2D eigenvalue weighted by Crippen LogP contribution is -2.29. The molecule has 72 valence electrons. The first kappa shape index (κ1) is 8.49. The highest BCUT2D eigenvalue weighted by Crippen LogP contribution is 2.07. The second-order valence-corrected chi connectivity index (χ2v) is 2.86. The van der Waals surface area contributed by atoms with Crippen molar-refractivity contribution in [3.05, 3.63) is 34.5 Å². The Balaban J connectivity index is 2.16. The van der Waals surface area contributed by atoms with Crippen molar-refractivity contribution in [2.75, 3.05) is 0 Å². The summed E-state index contributed by atoms with van der Waals surface area (Å²) in [4.78, 5) is 38.8. The lowest BCUT2D eigenvalue weighted by atomic mass is 10.4. The van der Waals surface area contributed by atoms with E-state index in [2.05, 4.69) is 9.97 Å². The Kier molecular flexibility index (Phi) is 1.81. The van der Waals surface area contributed by atoms with Gasteiger partial charge < -0.3 is 9.97 Å². The summed E-state index contributed by atoms with van der Waals surface area (Å²) < 4.78 is 0. The van der Waals surface area contributed by atoms with Crippen LogP contribution in [0.25, 0.3) is 0 Å². The Morgan fingerprint density at radius 2 is 1.79 bits per heavy atom. The van der Waals surface area contributed by atoms with Crippen LogP contribution in [0.3, 0.4) is 0 Å². The number of rotatable bonds is 2. The molecular formula is C8H7N3O3. The van der Waals surface area contributed by atoms with Crippen molar-refractivity contribution >= 4 is 11.8 Å². The molecule has 0 spiro atoms. The van der Waals surface area contributed by atoms with Crippen molar-refractivity contribution in [3.63, 3.8) is 0 Å². The number of imidazole rings is 1. The van der Waals surface area contributed by atoms with Gasteiger partial charge in [0, 0.05) is 18.3 Å². The average molecular weight is 193 g/mol. The number of aromatic nitrogens is 2. The highest BCUT2D eigenvalue weighted by molar-refractivity contribution is 6.12. The Hall–Kier alpha value is -2.11.